The van der Waals surface area contributed by atoms with E-state index >= 15 is 8.78 Å². The van der Waals surface area contributed by atoms with Gasteiger partial charge in [0.1, 0.15) is 11.6 Å². The van der Waals surface area contributed by atoms with Gasteiger partial charge in [-0.25, -0.2) is 9.97 Å². The molecule has 11 aromatic rings. The third-order valence-electron chi connectivity index (χ3n) is 12.0. The van der Waals surface area contributed by atoms with Crippen LogP contribution in [0.5, 0.6) is 0 Å². The van der Waals surface area contributed by atoms with Crippen LogP contribution in [-0.2, 0) is 5.92 Å². The fraction of sp³-hybridized carbons (Fsp3) is 0.0943. The van der Waals surface area contributed by atoms with Crippen molar-refractivity contribution in [2.24, 2.45) is 0 Å². The Balaban J connectivity index is 1.18. The van der Waals surface area contributed by atoms with Gasteiger partial charge in [-0.2, -0.15) is 8.78 Å². The number of fused-ring (bicyclic) bond motifs is 7. The van der Waals surface area contributed by atoms with Gasteiger partial charge in [-0.3, -0.25) is 9.13 Å². The van der Waals surface area contributed by atoms with E-state index in [1.54, 1.807) is 30.5 Å². The second-order valence-electron chi connectivity index (χ2n) is 16.0. The van der Waals surface area contributed by atoms with Crippen LogP contribution in [0.4, 0.5) is 8.78 Å². The predicted molar refractivity (Wildman–Crippen MR) is 242 cm³/mol. The smallest absolute Gasteiger partial charge is 0.298 e. The second kappa shape index (κ2) is 13.6. The molecule has 0 aliphatic rings. The molecule has 0 aliphatic carbocycles. The Labute approximate surface area is 345 Å². The van der Waals surface area contributed by atoms with E-state index in [1.165, 1.54) is 17.5 Å². The van der Waals surface area contributed by atoms with Gasteiger partial charge in [-0.05, 0) is 90.2 Å². The molecule has 0 spiro atoms. The standard InChI is InChI=1S/C53H39F2N5/c1-32(2)42-30-43-39-25-24-34(29-47(39)60(49-28-33(3)26-27-56-49)48(43)31-44(42)53(54,55)35-14-6-4-7-15-35)37-19-13-23-46-51(37)58-52(59(46)36-16-8-5-9-17-36)41-21-12-20-40-38-18-10-11-22-45(38)57-50(40)41/h4-32,57H,1-3H3. The van der Waals surface area contributed by atoms with E-state index in [1.807, 2.05) is 49.6 Å². The summed E-state index contributed by atoms with van der Waals surface area (Å²) in [5, 5.41) is 4.17. The first-order chi connectivity index (χ1) is 29.3. The molecule has 0 radical (unpaired) electrons. The number of alkyl halides is 2. The summed E-state index contributed by atoms with van der Waals surface area (Å²) in [5.41, 5.74) is 11.0. The number of nitrogens with zero attached hydrogens (tertiary/aromatic N) is 4. The van der Waals surface area contributed by atoms with E-state index in [9.17, 15) is 0 Å². The Hall–Kier alpha value is -7.38. The van der Waals surface area contributed by atoms with Crippen LogP contribution in [0.25, 0.3) is 88.7 Å². The van der Waals surface area contributed by atoms with E-state index in [0.717, 1.165) is 77.5 Å². The lowest BCUT2D eigenvalue weighted by Gasteiger charge is -2.23. The average Bonchev–Trinajstić information content (AvgIpc) is 3.96. The molecule has 0 saturated carbocycles. The molecule has 0 amide bonds. The summed E-state index contributed by atoms with van der Waals surface area (Å²) in [6.45, 7) is 5.98. The van der Waals surface area contributed by atoms with Crippen LogP contribution < -0.4 is 0 Å². The van der Waals surface area contributed by atoms with Crippen molar-refractivity contribution in [3.63, 3.8) is 0 Å². The molecule has 60 heavy (non-hydrogen) atoms. The number of nitrogens with one attached hydrogen (secondary N) is 1. The molecule has 11 rings (SSSR count). The number of rotatable bonds is 7. The summed E-state index contributed by atoms with van der Waals surface area (Å²) in [6, 6.07) is 53.6. The van der Waals surface area contributed by atoms with Crippen molar-refractivity contribution in [3.05, 3.63) is 192 Å². The molecule has 7 aromatic carbocycles. The van der Waals surface area contributed by atoms with Gasteiger partial charge in [0.25, 0.3) is 5.92 Å². The van der Waals surface area contributed by atoms with E-state index in [0.29, 0.717) is 16.9 Å². The van der Waals surface area contributed by atoms with E-state index in [-0.39, 0.29) is 17.0 Å². The minimum atomic E-state index is -3.22. The van der Waals surface area contributed by atoms with Crippen molar-refractivity contribution in [2.45, 2.75) is 32.6 Å². The maximum Gasteiger partial charge on any atom is 0.298 e. The lowest BCUT2D eigenvalue weighted by Crippen LogP contribution is -2.18. The number of hydrogen-bond donors (Lipinski definition) is 1. The molecular formula is C53H39F2N5. The quantitative estimate of drug-likeness (QED) is 0.175. The van der Waals surface area contributed by atoms with Crippen molar-refractivity contribution < 1.29 is 8.78 Å². The number of halogens is 2. The van der Waals surface area contributed by atoms with Gasteiger partial charge >= 0.3 is 0 Å². The van der Waals surface area contributed by atoms with Crippen LogP contribution in [0.3, 0.4) is 0 Å². The maximum atomic E-state index is 16.7. The summed E-state index contributed by atoms with van der Waals surface area (Å²) in [4.78, 5) is 14.0. The van der Waals surface area contributed by atoms with Gasteiger partial charge < -0.3 is 4.98 Å². The van der Waals surface area contributed by atoms with Crippen molar-refractivity contribution in [1.82, 2.24) is 24.1 Å². The van der Waals surface area contributed by atoms with Gasteiger partial charge in [-0.1, -0.05) is 117 Å². The first kappa shape index (κ1) is 35.8. The highest BCUT2D eigenvalue weighted by Gasteiger charge is 2.37. The van der Waals surface area contributed by atoms with E-state index in [2.05, 4.69) is 113 Å². The van der Waals surface area contributed by atoms with E-state index < -0.39 is 5.92 Å². The van der Waals surface area contributed by atoms with Crippen molar-refractivity contribution >= 4 is 54.6 Å². The Morgan fingerprint density at radius 2 is 1.32 bits per heavy atom. The van der Waals surface area contributed by atoms with Crippen LogP contribution in [0.15, 0.2) is 170 Å². The Morgan fingerprint density at radius 3 is 2.12 bits per heavy atom. The minimum absolute atomic E-state index is 0.00173. The predicted octanol–water partition coefficient (Wildman–Crippen LogP) is 14.1. The van der Waals surface area contributed by atoms with Gasteiger partial charge in [0.05, 0.1) is 27.6 Å². The molecule has 4 aromatic heterocycles. The average molecular weight is 784 g/mol. The topological polar surface area (TPSA) is 51.4 Å². The normalized spacial score (nSPS) is 12.2. The number of aromatic nitrogens is 5. The molecule has 0 unspecified atom stereocenters. The molecule has 0 fully saturated rings. The molecule has 0 bridgehead atoms. The van der Waals surface area contributed by atoms with Crippen LogP contribution in [-0.4, -0.2) is 24.1 Å². The second-order valence-corrected chi connectivity index (χ2v) is 16.0. The number of pyridine rings is 1. The molecule has 290 valence electrons. The van der Waals surface area contributed by atoms with Crippen molar-refractivity contribution in [2.75, 3.05) is 0 Å². The fourth-order valence-corrected chi connectivity index (χ4v) is 9.10. The van der Waals surface area contributed by atoms with E-state index in [4.69, 9.17) is 9.97 Å². The zero-order valence-corrected chi connectivity index (χ0v) is 33.3. The number of para-hydroxylation sites is 4. The number of benzene rings is 7. The first-order valence-electron chi connectivity index (χ1n) is 20.3. The van der Waals surface area contributed by atoms with Crippen LogP contribution in [0.1, 0.15) is 42.0 Å². The first-order valence-corrected chi connectivity index (χ1v) is 20.3. The van der Waals surface area contributed by atoms with Crippen LogP contribution in [0, 0.1) is 6.92 Å². The van der Waals surface area contributed by atoms with Crippen LogP contribution in [0.2, 0.25) is 0 Å². The van der Waals surface area contributed by atoms with Crippen molar-refractivity contribution in [1.29, 1.82) is 0 Å². The van der Waals surface area contributed by atoms with Gasteiger partial charge in [0.2, 0.25) is 0 Å². The molecule has 5 nitrogen and oxygen atoms in total. The summed E-state index contributed by atoms with van der Waals surface area (Å²) >= 11 is 0. The third kappa shape index (κ3) is 5.49. The zero-order valence-electron chi connectivity index (χ0n) is 33.3. The minimum Gasteiger partial charge on any atom is -0.354 e. The third-order valence-corrected chi connectivity index (χ3v) is 12.0. The number of hydrogen-bond acceptors (Lipinski definition) is 2. The largest absolute Gasteiger partial charge is 0.354 e. The molecular weight excluding hydrogens is 745 g/mol. The highest BCUT2D eigenvalue weighted by molar-refractivity contribution is 6.13. The SMILES string of the molecule is Cc1ccnc(-n2c3cc(-c4cccc5c4nc(-c4cccc6c4[nH]c4ccccc46)n5-c4ccccc4)ccc3c3cc(C(C)C)c(C(F)(F)c4ccccc4)cc32)c1. The monoisotopic (exact) mass is 783 g/mol. The van der Waals surface area contributed by atoms with Crippen LogP contribution >= 0.6 is 0 Å². The fourth-order valence-electron chi connectivity index (χ4n) is 9.10. The van der Waals surface area contributed by atoms with Gasteiger partial charge in [0, 0.05) is 61.2 Å². The highest BCUT2D eigenvalue weighted by atomic mass is 19.3. The van der Waals surface area contributed by atoms with Gasteiger partial charge in [0.15, 0.2) is 0 Å². The molecule has 0 atom stereocenters. The van der Waals surface area contributed by atoms with Crippen molar-refractivity contribution in [3.8, 4) is 34.0 Å². The Kier molecular flexibility index (Phi) is 8.10. The summed E-state index contributed by atoms with van der Waals surface area (Å²) in [5.74, 6) is -1.87. The Morgan fingerprint density at radius 1 is 0.600 bits per heavy atom. The zero-order chi connectivity index (χ0) is 40.7. The molecule has 0 aliphatic heterocycles. The number of aromatic amines is 1. The molecule has 0 saturated heterocycles. The maximum absolute atomic E-state index is 16.7. The summed E-state index contributed by atoms with van der Waals surface area (Å²) in [6.07, 6.45) is 1.78. The highest BCUT2D eigenvalue weighted by Crippen LogP contribution is 2.45. The molecule has 4 heterocycles. The Bertz CT molecular complexity index is 3450. The molecule has 1 N–H and O–H groups in total. The number of H-pyrrole nitrogens is 1. The lowest BCUT2D eigenvalue weighted by molar-refractivity contribution is 0.0417. The lowest BCUT2D eigenvalue weighted by atomic mass is 9.88. The molecule has 7 heteroatoms. The number of aryl methyl sites for hydroxylation is 1. The summed E-state index contributed by atoms with van der Waals surface area (Å²) in [7, 11) is 0. The van der Waals surface area contributed by atoms with Gasteiger partial charge in [-0.15, -0.1) is 0 Å². The number of imidazole rings is 1. The summed E-state index contributed by atoms with van der Waals surface area (Å²) < 4.78 is 37.7.